The molecule has 0 saturated carbocycles. The summed E-state index contributed by atoms with van der Waals surface area (Å²) >= 11 is 0. The molecule has 1 atom stereocenters. The maximum absolute atomic E-state index is 13.7. The number of alkyl halides is 3. The van der Waals surface area contributed by atoms with Crippen LogP contribution in [-0.4, -0.2) is 63.5 Å². The molecule has 0 fully saturated rings. The van der Waals surface area contributed by atoms with Gasteiger partial charge in [0.25, 0.3) is 5.60 Å². The standard InChI is InChI=1S/C15H17F4O4Si3/c1-13(2,10-6-9(16)4-5-11(10)22-3)7-14(12(20)21,15(17,18)19)23-8-25-26-24/h4-6H,7-8H2,1-3H3,(H,20,21)/t14-/m0/s1. The Morgan fingerprint density at radius 3 is 2.38 bits per heavy atom. The normalized spacial score (nSPS) is 14.8. The summed E-state index contributed by atoms with van der Waals surface area (Å²) in [7, 11) is 4.59. The van der Waals surface area contributed by atoms with E-state index >= 15 is 0 Å². The Bertz CT molecular complexity index is 640. The number of aliphatic carboxylic acids is 1. The lowest BCUT2D eigenvalue weighted by Crippen LogP contribution is -2.57. The van der Waals surface area contributed by atoms with Crippen LogP contribution in [0.2, 0.25) is 0 Å². The van der Waals surface area contributed by atoms with Crippen LogP contribution in [0.25, 0.3) is 0 Å². The summed E-state index contributed by atoms with van der Waals surface area (Å²) in [5.41, 5.74) is -4.68. The first-order valence-electron chi connectivity index (χ1n) is 7.34. The van der Waals surface area contributed by atoms with Gasteiger partial charge in [-0.15, -0.1) is 0 Å². The SMILES string of the molecule is COc1ccc(F)cc1C(C)(C)C[C@](OC[Si][Si][Si])(C(=O)O)C(F)(F)F. The summed E-state index contributed by atoms with van der Waals surface area (Å²) in [5.74, 6) is -2.62. The summed E-state index contributed by atoms with van der Waals surface area (Å²) in [6.07, 6.45) is -6.45. The van der Waals surface area contributed by atoms with Crippen molar-refractivity contribution < 1.29 is 36.9 Å². The van der Waals surface area contributed by atoms with Crippen LogP contribution in [0, 0.1) is 5.82 Å². The third-order valence-electron chi connectivity index (χ3n) is 3.86. The Morgan fingerprint density at radius 1 is 1.31 bits per heavy atom. The van der Waals surface area contributed by atoms with Gasteiger partial charge in [0.1, 0.15) is 11.6 Å². The lowest BCUT2D eigenvalue weighted by atomic mass is 9.74. The highest BCUT2D eigenvalue weighted by Crippen LogP contribution is 2.45. The maximum Gasteiger partial charge on any atom is 0.428 e. The monoisotopic (exact) mass is 421 g/mol. The van der Waals surface area contributed by atoms with E-state index < -0.39 is 35.4 Å². The van der Waals surface area contributed by atoms with Crippen LogP contribution in [0.3, 0.4) is 0 Å². The molecule has 0 bridgehead atoms. The van der Waals surface area contributed by atoms with Crippen LogP contribution in [0.5, 0.6) is 5.75 Å². The minimum atomic E-state index is -5.16. The van der Waals surface area contributed by atoms with Crippen molar-refractivity contribution in [1.29, 1.82) is 0 Å². The van der Waals surface area contributed by atoms with Crippen LogP contribution in [0.1, 0.15) is 25.8 Å². The molecule has 1 N–H and O–H groups in total. The second-order valence-corrected chi connectivity index (χ2v) is 11.1. The number of benzene rings is 1. The van der Waals surface area contributed by atoms with Gasteiger partial charge in [-0.1, -0.05) is 13.8 Å². The van der Waals surface area contributed by atoms with Gasteiger partial charge < -0.3 is 14.6 Å². The molecule has 141 valence electrons. The van der Waals surface area contributed by atoms with Crippen LogP contribution in [0.4, 0.5) is 17.6 Å². The Kier molecular flexibility index (Phi) is 7.63. The highest BCUT2D eigenvalue weighted by molar-refractivity contribution is 7.23. The smallest absolute Gasteiger partial charge is 0.428 e. The Morgan fingerprint density at radius 2 is 1.92 bits per heavy atom. The number of hydrogen-bond acceptors (Lipinski definition) is 3. The van der Waals surface area contributed by atoms with Crippen LogP contribution in [0.15, 0.2) is 18.2 Å². The molecule has 0 spiro atoms. The second kappa shape index (κ2) is 8.67. The van der Waals surface area contributed by atoms with Crippen molar-refractivity contribution in [3.05, 3.63) is 29.6 Å². The fourth-order valence-corrected chi connectivity index (χ4v) is 4.09. The molecule has 7 radical (unpaired) electrons. The van der Waals surface area contributed by atoms with Gasteiger partial charge in [0.2, 0.25) is 0 Å². The van der Waals surface area contributed by atoms with Crippen LogP contribution in [-0.2, 0) is 14.9 Å². The van der Waals surface area contributed by atoms with Gasteiger partial charge in [-0.2, -0.15) is 13.2 Å². The van der Waals surface area contributed by atoms with Gasteiger partial charge >= 0.3 is 12.1 Å². The number of methoxy groups -OCH3 is 1. The van der Waals surface area contributed by atoms with Crippen molar-refractivity contribution in [2.45, 2.75) is 37.5 Å². The quantitative estimate of drug-likeness (QED) is 0.378. The van der Waals surface area contributed by atoms with Gasteiger partial charge in [-0.25, -0.2) is 9.18 Å². The average molecular weight is 422 g/mol. The molecule has 0 unspecified atom stereocenters. The van der Waals surface area contributed by atoms with E-state index in [4.69, 9.17) is 9.47 Å². The molecule has 0 heterocycles. The lowest BCUT2D eigenvalue weighted by Gasteiger charge is -2.38. The number of carboxylic acid groups (broad SMARTS) is 1. The van der Waals surface area contributed by atoms with E-state index in [2.05, 4.69) is 9.76 Å². The van der Waals surface area contributed by atoms with E-state index in [1.54, 1.807) is 0 Å². The van der Waals surface area contributed by atoms with Crippen molar-refractivity contribution in [1.82, 2.24) is 0 Å². The highest BCUT2D eigenvalue weighted by atomic mass is 29.5. The largest absolute Gasteiger partial charge is 0.496 e. The van der Waals surface area contributed by atoms with Crippen LogP contribution < -0.4 is 4.74 Å². The van der Waals surface area contributed by atoms with E-state index in [0.717, 1.165) is 12.1 Å². The minimum absolute atomic E-state index is 0.0200. The molecule has 1 aromatic carbocycles. The van der Waals surface area contributed by atoms with Gasteiger partial charge in [0.05, 0.1) is 16.1 Å². The van der Waals surface area contributed by atoms with Crippen molar-refractivity contribution in [2.75, 3.05) is 13.3 Å². The molecular weight excluding hydrogens is 404 g/mol. The fourth-order valence-electron chi connectivity index (χ4n) is 2.61. The number of hydrogen-bond donors (Lipinski definition) is 1. The first-order valence-corrected chi connectivity index (χ1v) is 12.0. The van der Waals surface area contributed by atoms with E-state index in [9.17, 15) is 27.5 Å². The molecule has 0 aliphatic heterocycles. The minimum Gasteiger partial charge on any atom is -0.496 e. The van der Waals surface area contributed by atoms with E-state index in [1.165, 1.54) is 27.0 Å². The lowest BCUT2D eigenvalue weighted by molar-refractivity contribution is -0.276. The highest BCUT2D eigenvalue weighted by Gasteiger charge is 2.64. The molecule has 4 nitrogen and oxygen atoms in total. The summed E-state index contributed by atoms with van der Waals surface area (Å²) in [6.45, 7) is 2.79. The first kappa shape index (κ1) is 22.9. The molecule has 1 rings (SSSR count). The zero-order valence-corrected chi connectivity index (χ0v) is 17.3. The Balaban J connectivity index is 3.40. The summed E-state index contributed by atoms with van der Waals surface area (Å²) in [5, 5.41) is 9.39. The molecule has 11 heteroatoms. The summed E-state index contributed by atoms with van der Waals surface area (Å²) in [4.78, 5) is 11.6. The number of carbonyl (C=O) groups is 1. The van der Waals surface area contributed by atoms with E-state index in [0.29, 0.717) is 0 Å². The van der Waals surface area contributed by atoms with Crippen molar-refractivity contribution in [3.8, 4) is 5.75 Å². The third-order valence-corrected chi connectivity index (χ3v) is 6.88. The van der Waals surface area contributed by atoms with Gasteiger partial charge in [-0.3, -0.25) is 0 Å². The predicted octanol–water partition coefficient (Wildman–Crippen LogP) is 2.27. The number of ether oxygens (including phenoxy) is 2. The molecule has 26 heavy (non-hydrogen) atoms. The van der Waals surface area contributed by atoms with E-state index in [-0.39, 0.29) is 35.1 Å². The third kappa shape index (κ3) is 4.96. The molecule has 1 aromatic rings. The second-order valence-electron chi connectivity index (χ2n) is 6.13. The van der Waals surface area contributed by atoms with Crippen molar-refractivity contribution in [2.24, 2.45) is 0 Å². The van der Waals surface area contributed by atoms with Gasteiger partial charge in [-0.05, 0) is 23.6 Å². The molecule has 0 aliphatic carbocycles. The zero-order valence-electron chi connectivity index (χ0n) is 14.3. The zero-order chi connectivity index (χ0) is 20.2. The number of halogens is 4. The summed E-state index contributed by atoms with van der Waals surface area (Å²) < 4.78 is 64.9. The predicted molar refractivity (Wildman–Crippen MR) is 90.2 cm³/mol. The first-order chi connectivity index (χ1) is 11.9. The molecule has 0 amide bonds. The summed E-state index contributed by atoms with van der Waals surface area (Å²) in [6, 6.07) is 3.44. The number of carboxylic acids is 1. The van der Waals surface area contributed by atoms with Crippen molar-refractivity contribution in [3.63, 3.8) is 0 Å². The topological polar surface area (TPSA) is 55.8 Å². The molecule has 0 aliphatic rings. The number of rotatable bonds is 9. The fraction of sp³-hybridized carbons (Fsp3) is 0.533. The molecule has 0 aromatic heterocycles. The van der Waals surface area contributed by atoms with Crippen LogP contribution >= 0.6 is 0 Å². The molecular formula is C15H17F4O4Si3. The Labute approximate surface area is 156 Å². The Hall–Kier alpha value is -1.18. The average Bonchev–Trinajstić information content (AvgIpc) is 2.52. The molecule has 0 saturated heterocycles. The maximum atomic E-state index is 13.7. The van der Waals surface area contributed by atoms with Gasteiger partial charge in [0.15, 0.2) is 0 Å². The van der Waals surface area contributed by atoms with Gasteiger partial charge in [0, 0.05) is 36.5 Å². The van der Waals surface area contributed by atoms with E-state index in [1.807, 2.05) is 0 Å². The van der Waals surface area contributed by atoms with Crippen molar-refractivity contribution >= 4 is 33.3 Å².